The van der Waals surface area contributed by atoms with Crippen LogP contribution in [0.25, 0.3) is 10.6 Å². The summed E-state index contributed by atoms with van der Waals surface area (Å²) in [5.74, 6) is -0.0680. The number of anilines is 2. The second-order valence-electron chi connectivity index (χ2n) is 8.61. The maximum atomic E-state index is 12.9. The molecule has 8 heteroatoms. The minimum atomic E-state index is -0.408. The van der Waals surface area contributed by atoms with Crippen molar-refractivity contribution in [2.45, 2.75) is 70.8 Å². The zero-order chi connectivity index (χ0) is 22.9. The van der Waals surface area contributed by atoms with Gasteiger partial charge in [-0.2, -0.15) is 0 Å². The smallest absolute Gasteiger partial charge is 0.249 e. The van der Waals surface area contributed by atoms with Crippen molar-refractivity contribution < 1.29 is 9.59 Å². The van der Waals surface area contributed by atoms with Crippen molar-refractivity contribution in [1.82, 2.24) is 15.1 Å². The van der Waals surface area contributed by atoms with Gasteiger partial charge in [-0.05, 0) is 43.5 Å². The lowest BCUT2D eigenvalue weighted by Crippen LogP contribution is -2.43. The molecule has 2 amide bonds. The van der Waals surface area contributed by atoms with Crippen molar-refractivity contribution in [1.29, 1.82) is 0 Å². The van der Waals surface area contributed by atoms with E-state index in [-0.39, 0.29) is 11.8 Å². The average molecular weight is 458 g/mol. The molecule has 0 saturated carbocycles. The van der Waals surface area contributed by atoms with E-state index < -0.39 is 6.04 Å². The maximum absolute atomic E-state index is 12.9. The molecule has 1 aromatic carbocycles. The predicted molar refractivity (Wildman–Crippen MR) is 131 cm³/mol. The van der Waals surface area contributed by atoms with Crippen molar-refractivity contribution >= 4 is 34.0 Å². The number of hydrogen-bond donors (Lipinski definition) is 1. The third-order valence-electron chi connectivity index (χ3n) is 5.91. The molecular formula is C24H35N5O2S. The Kier molecular flexibility index (Phi) is 9.02. The summed E-state index contributed by atoms with van der Waals surface area (Å²) in [5.41, 5.74) is 2.07. The third kappa shape index (κ3) is 6.51. The van der Waals surface area contributed by atoms with Gasteiger partial charge in [-0.1, -0.05) is 50.4 Å². The molecule has 7 nitrogen and oxygen atoms in total. The molecule has 1 aliphatic heterocycles. The SMILES string of the molecule is CCCCCCCCC(=O)N1CCCC1C(=O)Nc1nnc(-c2ccc(N(C)C)cc2)s1. The van der Waals surface area contributed by atoms with E-state index >= 15 is 0 Å². The number of benzene rings is 1. The number of unbranched alkanes of at least 4 members (excludes halogenated alkanes) is 5. The summed E-state index contributed by atoms with van der Waals surface area (Å²) in [6.45, 7) is 2.86. The molecule has 3 rings (SSSR count). The van der Waals surface area contributed by atoms with Gasteiger partial charge in [-0.25, -0.2) is 0 Å². The maximum Gasteiger partial charge on any atom is 0.249 e. The minimum absolute atomic E-state index is 0.0945. The van der Waals surface area contributed by atoms with Crippen molar-refractivity contribution in [3.8, 4) is 10.6 Å². The molecule has 32 heavy (non-hydrogen) atoms. The topological polar surface area (TPSA) is 78.4 Å². The quantitative estimate of drug-likeness (QED) is 0.483. The molecule has 0 spiro atoms. The van der Waals surface area contributed by atoms with Gasteiger partial charge in [0.05, 0.1) is 0 Å². The number of aromatic nitrogens is 2. The first-order valence-electron chi connectivity index (χ1n) is 11.7. The van der Waals surface area contributed by atoms with Gasteiger partial charge in [0, 0.05) is 38.3 Å². The highest BCUT2D eigenvalue weighted by atomic mass is 32.1. The first-order chi connectivity index (χ1) is 15.5. The molecule has 1 fully saturated rings. The fourth-order valence-electron chi connectivity index (χ4n) is 4.02. The van der Waals surface area contributed by atoms with E-state index in [4.69, 9.17) is 0 Å². The number of nitrogens with one attached hydrogen (secondary N) is 1. The van der Waals surface area contributed by atoms with Crippen LogP contribution >= 0.6 is 11.3 Å². The van der Waals surface area contributed by atoms with E-state index in [0.717, 1.165) is 35.5 Å². The predicted octanol–water partition coefficient (Wildman–Crippen LogP) is 4.95. The van der Waals surface area contributed by atoms with E-state index in [0.29, 0.717) is 24.5 Å². The van der Waals surface area contributed by atoms with Gasteiger partial charge in [0.2, 0.25) is 16.9 Å². The van der Waals surface area contributed by atoms with E-state index in [1.54, 1.807) is 4.90 Å². The van der Waals surface area contributed by atoms with E-state index in [2.05, 4.69) is 22.4 Å². The van der Waals surface area contributed by atoms with Crippen molar-refractivity contribution in [3.05, 3.63) is 24.3 Å². The van der Waals surface area contributed by atoms with E-state index in [1.807, 2.05) is 43.3 Å². The average Bonchev–Trinajstić information content (AvgIpc) is 3.46. The molecule has 2 heterocycles. The highest BCUT2D eigenvalue weighted by Crippen LogP contribution is 2.29. The fourth-order valence-corrected chi connectivity index (χ4v) is 4.77. The van der Waals surface area contributed by atoms with Crippen LogP contribution in [-0.4, -0.2) is 53.6 Å². The molecule has 1 N–H and O–H groups in total. The molecule has 0 radical (unpaired) electrons. The largest absolute Gasteiger partial charge is 0.378 e. The summed E-state index contributed by atoms with van der Waals surface area (Å²) in [6.07, 6.45) is 8.98. The van der Waals surface area contributed by atoms with Crippen LogP contribution in [0, 0.1) is 0 Å². The number of carbonyl (C=O) groups excluding carboxylic acids is 2. The molecule has 1 saturated heterocycles. The second-order valence-corrected chi connectivity index (χ2v) is 9.58. The van der Waals surface area contributed by atoms with Gasteiger partial charge in [0.25, 0.3) is 0 Å². The van der Waals surface area contributed by atoms with Gasteiger partial charge in [-0.3, -0.25) is 14.9 Å². The van der Waals surface area contributed by atoms with Crippen LogP contribution in [0.4, 0.5) is 10.8 Å². The molecule has 174 valence electrons. The summed E-state index contributed by atoms with van der Waals surface area (Å²) in [5, 5.41) is 12.5. The number of hydrogen-bond acceptors (Lipinski definition) is 6. The fraction of sp³-hybridized carbons (Fsp3) is 0.583. The Morgan fingerprint density at radius 1 is 1.09 bits per heavy atom. The third-order valence-corrected chi connectivity index (χ3v) is 6.79. The van der Waals surface area contributed by atoms with Crippen LogP contribution in [0.15, 0.2) is 24.3 Å². The highest BCUT2D eigenvalue weighted by molar-refractivity contribution is 7.18. The van der Waals surface area contributed by atoms with Crippen LogP contribution in [0.3, 0.4) is 0 Å². The van der Waals surface area contributed by atoms with Gasteiger partial charge < -0.3 is 9.80 Å². The number of carbonyl (C=O) groups is 2. The lowest BCUT2D eigenvalue weighted by atomic mass is 10.1. The Balaban J connectivity index is 1.52. The van der Waals surface area contributed by atoms with Gasteiger partial charge in [0.15, 0.2) is 0 Å². The molecule has 1 unspecified atom stereocenters. The van der Waals surface area contributed by atoms with Crippen LogP contribution in [0.1, 0.15) is 64.7 Å². The Labute approximate surface area is 195 Å². The molecule has 1 aromatic heterocycles. The zero-order valence-corrected chi connectivity index (χ0v) is 20.3. The standard InChI is InChI=1S/C24H35N5O2S/c1-4-5-6-7-8-9-12-21(30)29-17-10-11-20(29)22(31)25-24-27-26-23(32-24)18-13-15-19(16-14-18)28(2)3/h13-16,20H,4-12,17H2,1-3H3,(H,25,27,31). The summed E-state index contributed by atoms with van der Waals surface area (Å²) >= 11 is 1.35. The van der Waals surface area contributed by atoms with Crippen molar-refractivity contribution in [2.24, 2.45) is 0 Å². The Morgan fingerprint density at radius 3 is 2.53 bits per heavy atom. The van der Waals surface area contributed by atoms with Crippen molar-refractivity contribution in [3.63, 3.8) is 0 Å². The summed E-state index contributed by atoms with van der Waals surface area (Å²) in [7, 11) is 4.00. The normalized spacial score (nSPS) is 15.7. The number of likely N-dealkylation sites (tertiary alicyclic amines) is 1. The molecule has 2 aromatic rings. The molecule has 0 aliphatic carbocycles. The lowest BCUT2D eigenvalue weighted by molar-refractivity contribution is -0.136. The van der Waals surface area contributed by atoms with Crippen LogP contribution in [0.5, 0.6) is 0 Å². The number of amides is 2. The minimum Gasteiger partial charge on any atom is -0.378 e. The molecule has 1 atom stereocenters. The summed E-state index contributed by atoms with van der Waals surface area (Å²) in [4.78, 5) is 29.3. The lowest BCUT2D eigenvalue weighted by Gasteiger charge is -2.23. The Morgan fingerprint density at radius 2 is 1.81 bits per heavy atom. The van der Waals surface area contributed by atoms with Crippen LogP contribution < -0.4 is 10.2 Å². The monoisotopic (exact) mass is 457 g/mol. The van der Waals surface area contributed by atoms with Crippen molar-refractivity contribution in [2.75, 3.05) is 30.9 Å². The molecule has 0 bridgehead atoms. The van der Waals surface area contributed by atoms with Gasteiger partial charge >= 0.3 is 0 Å². The number of rotatable bonds is 11. The molecular weight excluding hydrogens is 422 g/mol. The van der Waals surface area contributed by atoms with E-state index in [9.17, 15) is 9.59 Å². The summed E-state index contributed by atoms with van der Waals surface area (Å²) in [6, 6.07) is 7.65. The van der Waals surface area contributed by atoms with Crippen LogP contribution in [-0.2, 0) is 9.59 Å². The zero-order valence-electron chi connectivity index (χ0n) is 19.5. The first kappa shape index (κ1) is 24.2. The summed E-state index contributed by atoms with van der Waals surface area (Å²) < 4.78 is 0. The van der Waals surface area contributed by atoms with E-state index in [1.165, 1.54) is 37.0 Å². The Hall–Kier alpha value is -2.48. The highest BCUT2D eigenvalue weighted by Gasteiger charge is 2.34. The number of nitrogens with zero attached hydrogens (tertiary/aromatic N) is 4. The molecule has 1 aliphatic rings. The Bertz CT molecular complexity index is 881. The first-order valence-corrected chi connectivity index (χ1v) is 12.5. The van der Waals surface area contributed by atoms with Crippen LogP contribution in [0.2, 0.25) is 0 Å². The van der Waals surface area contributed by atoms with Gasteiger partial charge in [0.1, 0.15) is 11.0 Å². The van der Waals surface area contributed by atoms with Gasteiger partial charge in [-0.15, -0.1) is 10.2 Å². The second kappa shape index (κ2) is 11.9.